The van der Waals surface area contributed by atoms with Gasteiger partial charge >= 0.3 is 6.36 Å². The van der Waals surface area contributed by atoms with Gasteiger partial charge in [-0.1, -0.05) is 12.1 Å². The molecule has 0 N–H and O–H groups in total. The predicted molar refractivity (Wildman–Crippen MR) is 77.0 cm³/mol. The van der Waals surface area contributed by atoms with E-state index < -0.39 is 12.5 Å². The molecule has 0 radical (unpaired) electrons. The number of amides is 1. The van der Waals surface area contributed by atoms with Crippen molar-refractivity contribution >= 4 is 16.9 Å². The molecule has 1 aromatic heterocycles. The lowest BCUT2D eigenvalue weighted by Gasteiger charge is -2.32. The highest BCUT2D eigenvalue weighted by molar-refractivity contribution is 6.05. The molecule has 0 atom stereocenters. The number of hydrogen-bond acceptors (Lipinski definition) is 3. The summed E-state index contributed by atoms with van der Waals surface area (Å²) in [6.45, 7) is 2.26. The van der Waals surface area contributed by atoms with Gasteiger partial charge in [-0.15, -0.1) is 13.2 Å². The Hall–Kier alpha value is -2.02. The Morgan fingerprint density at radius 3 is 2.65 bits per heavy atom. The van der Waals surface area contributed by atoms with Crippen molar-refractivity contribution in [2.24, 2.45) is 0 Å². The van der Waals surface area contributed by atoms with Gasteiger partial charge in [0.1, 0.15) is 11.3 Å². The van der Waals surface area contributed by atoms with E-state index in [2.05, 4.69) is 4.74 Å². The smallest absolute Gasteiger partial charge is 0.461 e. The maximum Gasteiger partial charge on any atom is 0.522 e. The molecule has 0 aliphatic carbocycles. The number of furan rings is 1. The molecule has 23 heavy (non-hydrogen) atoms. The Balaban J connectivity index is 1.72. The number of carbonyl (C=O) groups is 1. The van der Waals surface area contributed by atoms with Crippen LogP contribution in [0.3, 0.4) is 0 Å². The van der Waals surface area contributed by atoms with E-state index in [0.29, 0.717) is 16.9 Å². The third-order valence-corrected chi connectivity index (χ3v) is 3.93. The van der Waals surface area contributed by atoms with Crippen LogP contribution in [0.2, 0.25) is 0 Å². The third-order valence-electron chi connectivity index (χ3n) is 3.93. The minimum atomic E-state index is -4.63. The predicted octanol–water partition coefficient (Wildman–Crippen LogP) is 3.88. The Bertz CT molecular complexity index is 715. The first kappa shape index (κ1) is 15.9. The summed E-state index contributed by atoms with van der Waals surface area (Å²) in [6.07, 6.45) is -5.19. The molecule has 4 nitrogen and oxygen atoms in total. The second kappa shape index (κ2) is 5.88. The van der Waals surface area contributed by atoms with Crippen LogP contribution < -0.4 is 0 Å². The normalized spacial score (nSPS) is 17.0. The molecular formula is C16H16F3NO3. The fraction of sp³-hybridized carbons (Fsp3) is 0.438. The summed E-state index contributed by atoms with van der Waals surface area (Å²) in [5.41, 5.74) is 0.953. The number of aryl methyl sites for hydroxylation is 1. The van der Waals surface area contributed by atoms with Crippen molar-refractivity contribution in [3.63, 3.8) is 0 Å². The number of ether oxygens (including phenoxy) is 1. The van der Waals surface area contributed by atoms with Crippen LogP contribution in [0.5, 0.6) is 0 Å². The zero-order valence-corrected chi connectivity index (χ0v) is 12.5. The molecule has 1 aromatic carbocycles. The quantitative estimate of drug-likeness (QED) is 0.840. The van der Waals surface area contributed by atoms with Gasteiger partial charge in [-0.3, -0.25) is 9.53 Å². The van der Waals surface area contributed by atoms with E-state index in [0.717, 1.165) is 5.39 Å². The van der Waals surface area contributed by atoms with Gasteiger partial charge in [0.2, 0.25) is 0 Å². The van der Waals surface area contributed by atoms with Crippen LogP contribution in [0.15, 0.2) is 28.7 Å². The van der Waals surface area contributed by atoms with E-state index in [1.807, 2.05) is 12.1 Å². The number of likely N-dealkylation sites (tertiary alicyclic amines) is 1. The molecule has 0 spiro atoms. The van der Waals surface area contributed by atoms with Crippen LogP contribution in [0.1, 0.15) is 29.0 Å². The zero-order valence-electron chi connectivity index (χ0n) is 12.5. The van der Waals surface area contributed by atoms with Crippen molar-refractivity contribution in [3.05, 3.63) is 35.6 Å². The highest BCUT2D eigenvalue weighted by atomic mass is 19.4. The third kappa shape index (κ3) is 3.50. The average molecular weight is 327 g/mol. The molecule has 1 aliphatic heterocycles. The number of benzene rings is 1. The van der Waals surface area contributed by atoms with Gasteiger partial charge in [0.05, 0.1) is 11.7 Å². The average Bonchev–Trinajstić information content (AvgIpc) is 2.85. The highest BCUT2D eigenvalue weighted by Crippen LogP contribution is 2.27. The molecule has 0 bridgehead atoms. The van der Waals surface area contributed by atoms with Gasteiger partial charge in [0.25, 0.3) is 5.91 Å². The largest absolute Gasteiger partial charge is 0.522 e. The molecule has 1 aliphatic rings. The maximum atomic E-state index is 12.6. The SMILES string of the molecule is Cc1cc2cccc(C(=O)N3CCC(OC(F)(F)F)CC3)c2o1. The maximum absolute atomic E-state index is 12.6. The van der Waals surface area contributed by atoms with Crippen LogP contribution in [-0.2, 0) is 4.74 Å². The van der Waals surface area contributed by atoms with Gasteiger partial charge < -0.3 is 9.32 Å². The Morgan fingerprint density at radius 2 is 2.00 bits per heavy atom. The fourth-order valence-corrected chi connectivity index (χ4v) is 2.90. The molecule has 1 fully saturated rings. The second-order valence-electron chi connectivity index (χ2n) is 5.64. The van der Waals surface area contributed by atoms with Crippen molar-refractivity contribution in [1.29, 1.82) is 0 Å². The summed E-state index contributed by atoms with van der Waals surface area (Å²) in [5.74, 6) is 0.480. The molecule has 1 amide bonds. The second-order valence-corrected chi connectivity index (χ2v) is 5.64. The van der Waals surface area contributed by atoms with Crippen molar-refractivity contribution in [2.75, 3.05) is 13.1 Å². The first-order valence-electron chi connectivity index (χ1n) is 7.36. The van der Waals surface area contributed by atoms with E-state index in [-0.39, 0.29) is 31.8 Å². The van der Waals surface area contributed by atoms with Gasteiger partial charge in [0, 0.05) is 18.5 Å². The molecule has 2 heterocycles. The van der Waals surface area contributed by atoms with Crippen LogP contribution in [-0.4, -0.2) is 36.4 Å². The van der Waals surface area contributed by atoms with E-state index in [4.69, 9.17) is 4.42 Å². The van der Waals surface area contributed by atoms with Crippen LogP contribution in [0.25, 0.3) is 11.0 Å². The van der Waals surface area contributed by atoms with E-state index >= 15 is 0 Å². The molecule has 0 saturated carbocycles. The van der Waals surface area contributed by atoms with Gasteiger partial charge in [-0.2, -0.15) is 0 Å². The molecule has 0 unspecified atom stereocenters. The number of rotatable bonds is 2. The Kier molecular flexibility index (Phi) is 4.06. The summed E-state index contributed by atoms with van der Waals surface area (Å²) in [6, 6.07) is 7.14. The van der Waals surface area contributed by atoms with Crippen molar-refractivity contribution in [1.82, 2.24) is 4.90 Å². The first-order chi connectivity index (χ1) is 10.8. The first-order valence-corrected chi connectivity index (χ1v) is 7.36. The number of nitrogens with zero attached hydrogens (tertiary/aromatic N) is 1. The summed E-state index contributed by atoms with van der Waals surface area (Å²) in [7, 11) is 0. The minimum absolute atomic E-state index is 0.165. The van der Waals surface area contributed by atoms with Gasteiger partial charge in [-0.05, 0) is 31.9 Å². The van der Waals surface area contributed by atoms with Crippen molar-refractivity contribution in [2.45, 2.75) is 32.2 Å². The lowest BCUT2D eigenvalue weighted by atomic mass is 10.1. The van der Waals surface area contributed by atoms with E-state index in [1.165, 1.54) is 0 Å². The van der Waals surface area contributed by atoms with Crippen LogP contribution >= 0.6 is 0 Å². The summed E-state index contributed by atoms with van der Waals surface area (Å²) in [5, 5.41) is 0.837. The number of carbonyl (C=O) groups excluding carboxylic acids is 1. The lowest BCUT2D eigenvalue weighted by molar-refractivity contribution is -0.345. The van der Waals surface area contributed by atoms with Crippen LogP contribution in [0.4, 0.5) is 13.2 Å². The monoisotopic (exact) mass is 327 g/mol. The van der Waals surface area contributed by atoms with Crippen LogP contribution in [0, 0.1) is 6.92 Å². The molecule has 1 saturated heterocycles. The van der Waals surface area contributed by atoms with E-state index in [9.17, 15) is 18.0 Å². The standard InChI is InChI=1S/C16H16F3NO3/c1-10-9-11-3-2-4-13(14(11)22-10)15(21)20-7-5-12(6-8-20)23-16(17,18)19/h2-4,9,12H,5-8H2,1H3. The molecular weight excluding hydrogens is 311 g/mol. The number of halogens is 3. The lowest BCUT2D eigenvalue weighted by Crippen LogP contribution is -2.42. The molecule has 3 rings (SSSR count). The van der Waals surface area contributed by atoms with Crippen molar-refractivity contribution in [3.8, 4) is 0 Å². The number of hydrogen-bond donors (Lipinski definition) is 0. The Morgan fingerprint density at radius 1 is 1.30 bits per heavy atom. The molecule has 124 valence electrons. The summed E-state index contributed by atoms with van der Waals surface area (Å²) in [4.78, 5) is 14.2. The summed E-state index contributed by atoms with van der Waals surface area (Å²) >= 11 is 0. The number of para-hydroxylation sites is 1. The Labute approximate surface area is 130 Å². The highest BCUT2D eigenvalue weighted by Gasteiger charge is 2.36. The van der Waals surface area contributed by atoms with E-state index in [1.54, 1.807) is 24.0 Å². The van der Waals surface area contributed by atoms with Gasteiger partial charge in [0.15, 0.2) is 0 Å². The fourth-order valence-electron chi connectivity index (χ4n) is 2.90. The minimum Gasteiger partial charge on any atom is -0.461 e. The topological polar surface area (TPSA) is 42.7 Å². The number of alkyl halides is 3. The number of piperidine rings is 1. The van der Waals surface area contributed by atoms with Crippen molar-refractivity contribution < 1.29 is 27.1 Å². The zero-order chi connectivity index (χ0) is 16.6. The van der Waals surface area contributed by atoms with Gasteiger partial charge in [-0.25, -0.2) is 0 Å². The molecule has 7 heteroatoms. The number of fused-ring (bicyclic) bond motifs is 1. The summed E-state index contributed by atoms with van der Waals surface area (Å²) < 4.78 is 46.3. The molecule has 2 aromatic rings.